The van der Waals surface area contributed by atoms with Crippen LogP contribution in [-0.4, -0.2) is 6.29 Å². The molecule has 3 heteroatoms. The lowest BCUT2D eigenvalue weighted by molar-refractivity contribution is -0.105. The molecule has 32 valence electrons. The number of hydrogen-bond donors (Lipinski definition) is 1. The fraction of sp³-hybridized carbons (Fsp3) is 0. The van der Waals surface area contributed by atoms with E-state index in [0.29, 0.717) is 6.29 Å². The van der Waals surface area contributed by atoms with Gasteiger partial charge in [0.1, 0.15) is 0 Å². The lowest BCUT2D eigenvalue weighted by Crippen LogP contribution is -1.78. The van der Waals surface area contributed by atoms with Crippen molar-refractivity contribution >= 4 is 6.29 Å². The molecule has 0 saturated heterocycles. The largest absolute Gasteiger partial charge is 0.428 e. The molecule has 1 heterocycles. The summed E-state index contributed by atoms with van der Waals surface area (Å²) in [5.74, 6) is 0.528. The van der Waals surface area contributed by atoms with E-state index in [1.165, 1.54) is 0 Å². The van der Waals surface area contributed by atoms with Crippen LogP contribution in [0.5, 0.6) is 0 Å². The smallest absolute Gasteiger partial charge is 0.238 e. The van der Waals surface area contributed by atoms with Crippen LogP contribution in [0.3, 0.4) is 0 Å². The highest BCUT2D eigenvalue weighted by atomic mass is 16.6. The molecule has 0 saturated carbocycles. The molecule has 2 N–H and O–H groups in total. The second-order valence-corrected chi connectivity index (χ2v) is 0.948. The summed E-state index contributed by atoms with van der Waals surface area (Å²) in [4.78, 5) is 9.51. The topological polar surface area (TPSA) is 55.6 Å². The standard InChI is InChI=1S/C3H3NO2/c4-3-2(1-5)6-3/h1H,4H2. The number of hydrogen-bond acceptors (Lipinski definition) is 3. The first-order valence-electron chi connectivity index (χ1n) is 1.47. The van der Waals surface area contributed by atoms with Crippen molar-refractivity contribution in [3.8, 4) is 0 Å². The summed E-state index contributed by atoms with van der Waals surface area (Å²) in [7, 11) is 0. The number of allylic oxidation sites excluding steroid dienone is 1. The quantitative estimate of drug-likeness (QED) is 0.430. The van der Waals surface area contributed by atoms with Crippen molar-refractivity contribution in [2.45, 2.75) is 0 Å². The zero-order chi connectivity index (χ0) is 4.57. The zero-order valence-electron chi connectivity index (χ0n) is 2.97. The average molecular weight is 85.1 g/mol. The number of ether oxygens (including phenoxy) is 1. The van der Waals surface area contributed by atoms with Gasteiger partial charge >= 0.3 is 0 Å². The predicted octanol–water partition coefficient (Wildman–Crippen LogP) is -0.657. The van der Waals surface area contributed by atoms with E-state index in [4.69, 9.17) is 5.73 Å². The third-order valence-electron chi connectivity index (χ3n) is 0.528. The molecule has 0 aromatic heterocycles. The van der Waals surface area contributed by atoms with E-state index in [0.717, 1.165) is 0 Å². The van der Waals surface area contributed by atoms with Crippen molar-refractivity contribution < 1.29 is 9.53 Å². The Morgan fingerprint density at radius 1 is 1.83 bits per heavy atom. The molecule has 1 aliphatic heterocycles. The van der Waals surface area contributed by atoms with E-state index in [9.17, 15) is 4.79 Å². The van der Waals surface area contributed by atoms with Crippen LogP contribution < -0.4 is 5.73 Å². The van der Waals surface area contributed by atoms with Gasteiger partial charge in [-0.1, -0.05) is 0 Å². The van der Waals surface area contributed by atoms with Gasteiger partial charge in [-0.15, -0.1) is 0 Å². The third-order valence-corrected chi connectivity index (χ3v) is 0.528. The maximum atomic E-state index is 9.51. The van der Waals surface area contributed by atoms with E-state index in [-0.39, 0.29) is 11.6 Å². The SMILES string of the molecule is NC1=C(C=O)O1. The highest BCUT2D eigenvalue weighted by Gasteiger charge is 2.19. The molecule has 3 nitrogen and oxygen atoms in total. The van der Waals surface area contributed by atoms with Gasteiger partial charge in [-0.05, 0) is 0 Å². The van der Waals surface area contributed by atoms with Gasteiger partial charge in [-0.3, -0.25) is 4.79 Å². The fourth-order valence-corrected chi connectivity index (χ4v) is 0.175. The molecule has 0 amide bonds. The van der Waals surface area contributed by atoms with Crippen LogP contribution in [0, 0.1) is 0 Å². The fourth-order valence-electron chi connectivity index (χ4n) is 0.175. The summed E-state index contributed by atoms with van der Waals surface area (Å²) in [5.41, 5.74) is 4.90. The molecular formula is C3H3NO2. The molecule has 0 unspecified atom stereocenters. The van der Waals surface area contributed by atoms with E-state index in [1.807, 2.05) is 0 Å². The molecule has 6 heavy (non-hydrogen) atoms. The summed E-state index contributed by atoms with van der Waals surface area (Å²) in [5, 5.41) is 0. The van der Waals surface area contributed by atoms with E-state index >= 15 is 0 Å². The van der Waals surface area contributed by atoms with Gasteiger partial charge in [-0.2, -0.15) is 0 Å². The van der Waals surface area contributed by atoms with Crippen LogP contribution in [0.4, 0.5) is 0 Å². The summed E-state index contributed by atoms with van der Waals surface area (Å²) >= 11 is 0. The molecule has 0 aromatic rings. The molecule has 1 rings (SSSR count). The molecule has 0 fully saturated rings. The average Bonchev–Trinajstić information content (AvgIpc) is 2.19. The predicted molar refractivity (Wildman–Crippen MR) is 18.4 cm³/mol. The van der Waals surface area contributed by atoms with Gasteiger partial charge in [0.25, 0.3) is 0 Å². The first-order valence-corrected chi connectivity index (χ1v) is 1.47. The summed E-state index contributed by atoms with van der Waals surface area (Å²) in [6, 6.07) is 0. The third kappa shape index (κ3) is 0.247. The van der Waals surface area contributed by atoms with Gasteiger partial charge < -0.3 is 10.5 Å². The van der Waals surface area contributed by atoms with Crippen LogP contribution in [-0.2, 0) is 9.53 Å². The Labute approximate surface area is 34.4 Å². The highest BCUT2D eigenvalue weighted by Crippen LogP contribution is 2.15. The summed E-state index contributed by atoms with van der Waals surface area (Å²) in [6.45, 7) is 0. The van der Waals surface area contributed by atoms with Gasteiger partial charge in [0.05, 0.1) is 0 Å². The Kier molecular flexibility index (Phi) is 0.395. The van der Waals surface area contributed by atoms with E-state index in [1.54, 1.807) is 0 Å². The Hall–Kier alpha value is -0.990. The Bertz CT molecular complexity index is 116. The van der Waals surface area contributed by atoms with Crippen LogP contribution in [0.25, 0.3) is 0 Å². The van der Waals surface area contributed by atoms with Crippen molar-refractivity contribution in [3.63, 3.8) is 0 Å². The molecule has 1 aliphatic rings. The molecule has 0 spiro atoms. The minimum absolute atomic E-state index is 0.255. The van der Waals surface area contributed by atoms with E-state index in [2.05, 4.69) is 4.74 Å². The zero-order valence-corrected chi connectivity index (χ0v) is 2.97. The Balaban J connectivity index is 2.59. The molecular weight excluding hydrogens is 82.0 g/mol. The van der Waals surface area contributed by atoms with Crippen molar-refractivity contribution in [2.24, 2.45) is 5.73 Å². The van der Waals surface area contributed by atoms with Crippen molar-refractivity contribution in [1.29, 1.82) is 0 Å². The van der Waals surface area contributed by atoms with Crippen molar-refractivity contribution in [2.75, 3.05) is 0 Å². The van der Waals surface area contributed by atoms with Gasteiger partial charge in [0, 0.05) is 0 Å². The summed E-state index contributed by atoms with van der Waals surface area (Å²) < 4.78 is 4.31. The number of carbonyl (C=O) groups is 1. The molecule has 0 atom stereocenters. The lowest BCUT2D eigenvalue weighted by atomic mass is 10.7. The van der Waals surface area contributed by atoms with Crippen LogP contribution >= 0.6 is 0 Å². The maximum Gasteiger partial charge on any atom is 0.238 e. The van der Waals surface area contributed by atoms with Crippen molar-refractivity contribution in [1.82, 2.24) is 0 Å². The van der Waals surface area contributed by atoms with Crippen LogP contribution in [0.2, 0.25) is 0 Å². The lowest BCUT2D eigenvalue weighted by Gasteiger charge is -1.58. The summed E-state index contributed by atoms with van der Waals surface area (Å²) in [6.07, 6.45) is 0.579. The number of nitrogens with two attached hydrogens (primary N) is 1. The van der Waals surface area contributed by atoms with Crippen LogP contribution in [0.1, 0.15) is 0 Å². The van der Waals surface area contributed by atoms with Crippen molar-refractivity contribution in [3.05, 3.63) is 11.6 Å². The second-order valence-electron chi connectivity index (χ2n) is 0.948. The Morgan fingerprint density at radius 3 is 2.33 bits per heavy atom. The number of aldehydes is 1. The first kappa shape index (κ1) is 3.21. The minimum atomic E-state index is 0.255. The first-order chi connectivity index (χ1) is 2.84. The number of rotatable bonds is 1. The molecule has 0 aromatic carbocycles. The normalized spacial score (nSPS) is 16.7. The van der Waals surface area contributed by atoms with Crippen LogP contribution in [0.15, 0.2) is 11.6 Å². The van der Waals surface area contributed by atoms with Gasteiger partial charge in [0.15, 0.2) is 6.29 Å². The maximum absolute atomic E-state index is 9.51. The van der Waals surface area contributed by atoms with Gasteiger partial charge in [-0.25, -0.2) is 0 Å². The Morgan fingerprint density at radius 2 is 2.33 bits per heavy atom. The molecule has 0 radical (unpaired) electrons. The molecule has 0 bridgehead atoms. The van der Waals surface area contributed by atoms with E-state index < -0.39 is 0 Å². The molecule has 0 aliphatic carbocycles. The highest BCUT2D eigenvalue weighted by molar-refractivity contribution is 5.75. The second kappa shape index (κ2) is 0.739. The van der Waals surface area contributed by atoms with Gasteiger partial charge in [0.2, 0.25) is 11.6 Å². The monoisotopic (exact) mass is 85.0 g/mol. The minimum Gasteiger partial charge on any atom is -0.428 e. The number of carbonyl (C=O) groups excluding carboxylic acids is 1.